The maximum atomic E-state index is 12.6. The van der Waals surface area contributed by atoms with E-state index in [0.717, 1.165) is 28.4 Å². The topological polar surface area (TPSA) is 42.8 Å². The van der Waals surface area contributed by atoms with Gasteiger partial charge in [0, 0.05) is 16.3 Å². The van der Waals surface area contributed by atoms with Crippen LogP contribution in [0.25, 0.3) is 0 Å². The molecule has 0 fully saturated rings. The fourth-order valence-electron chi connectivity index (χ4n) is 2.55. The van der Waals surface area contributed by atoms with Gasteiger partial charge in [-0.3, -0.25) is 4.79 Å². The Kier molecular flexibility index (Phi) is 6.85. The average Bonchev–Trinajstić information content (AvgIpc) is 2.60. The second-order valence-electron chi connectivity index (χ2n) is 6.22. The van der Waals surface area contributed by atoms with E-state index in [-0.39, 0.29) is 11.9 Å². The molecule has 2 atom stereocenters. The van der Waals surface area contributed by atoms with Gasteiger partial charge in [0.2, 0.25) is 0 Å². The van der Waals surface area contributed by atoms with Crippen molar-refractivity contribution in [2.24, 2.45) is 0 Å². The third-order valence-corrected chi connectivity index (χ3v) is 4.78. The Labute approximate surface area is 154 Å². The van der Waals surface area contributed by atoms with Gasteiger partial charge < -0.3 is 15.0 Å². The molecule has 25 heavy (non-hydrogen) atoms. The molecule has 0 heterocycles. The first-order chi connectivity index (χ1) is 11.9. The maximum absolute atomic E-state index is 12.6. The quantitative estimate of drug-likeness (QED) is 0.795. The number of rotatable bonds is 7. The van der Waals surface area contributed by atoms with Gasteiger partial charge in [-0.1, -0.05) is 17.7 Å². The molecule has 0 saturated carbocycles. The second-order valence-corrected chi connectivity index (χ2v) is 6.63. The molecule has 1 unspecified atom stereocenters. The summed E-state index contributed by atoms with van der Waals surface area (Å²) in [6, 6.07) is 13.3. The number of quaternary nitrogens is 1. The minimum atomic E-state index is -0.190. The summed E-state index contributed by atoms with van der Waals surface area (Å²) in [6.45, 7) is 7.21. The molecule has 0 saturated heterocycles. The predicted octanol–water partition coefficient (Wildman–Crippen LogP) is 3.09. The molecule has 2 N–H and O–H groups in total. The van der Waals surface area contributed by atoms with E-state index >= 15 is 0 Å². The molecule has 0 aliphatic carbocycles. The smallest absolute Gasteiger partial charge is 0.282 e. The number of amides is 1. The van der Waals surface area contributed by atoms with Gasteiger partial charge >= 0.3 is 0 Å². The minimum absolute atomic E-state index is 0.0196. The van der Waals surface area contributed by atoms with Crippen molar-refractivity contribution in [2.45, 2.75) is 33.4 Å². The lowest BCUT2D eigenvalue weighted by Gasteiger charge is -2.22. The van der Waals surface area contributed by atoms with E-state index in [1.807, 2.05) is 70.3 Å². The first-order valence-corrected chi connectivity index (χ1v) is 8.90. The van der Waals surface area contributed by atoms with Gasteiger partial charge in [0.15, 0.2) is 6.04 Å². The van der Waals surface area contributed by atoms with Crippen LogP contribution < -0.4 is 15.0 Å². The lowest BCUT2D eigenvalue weighted by molar-refractivity contribution is -0.907. The van der Waals surface area contributed by atoms with Gasteiger partial charge in [0.05, 0.1) is 13.7 Å². The fourth-order valence-corrected chi connectivity index (χ4v) is 2.73. The van der Waals surface area contributed by atoms with Gasteiger partial charge in [0.25, 0.3) is 5.91 Å². The minimum Gasteiger partial charge on any atom is -0.494 e. The van der Waals surface area contributed by atoms with Gasteiger partial charge in [-0.15, -0.1) is 0 Å². The van der Waals surface area contributed by atoms with Crippen LogP contribution in [-0.4, -0.2) is 25.6 Å². The highest BCUT2D eigenvalue weighted by Gasteiger charge is 2.22. The zero-order valence-electron chi connectivity index (χ0n) is 15.2. The van der Waals surface area contributed by atoms with Crippen LogP contribution in [0.3, 0.4) is 0 Å². The Balaban J connectivity index is 1.97. The first kappa shape index (κ1) is 19.3. The highest BCUT2D eigenvalue weighted by atomic mass is 35.5. The van der Waals surface area contributed by atoms with Crippen LogP contribution >= 0.6 is 11.6 Å². The van der Waals surface area contributed by atoms with Gasteiger partial charge in [-0.2, -0.15) is 0 Å². The van der Waals surface area contributed by atoms with Crippen molar-refractivity contribution in [3.63, 3.8) is 0 Å². The number of ether oxygens (including phenoxy) is 1. The van der Waals surface area contributed by atoms with Crippen LogP contribution in [-0.2, 0) is 11.3 Å². The lowest BCUT2D eigenvalue weighted by atomic mass is 10.1. The van der Waals surface area contributed by atoms with Crippen molar-refractivity contribution in [1.82, 2.24) is 0 Å². The van der Waals surface area contributed by atoms with Crippen molar-refractivity contribution in [1.29, 1.82) is 0 Å². The first-order valence-electron chi connectivity index (χ1n) is 8.52. The van der Waals surface area contributed by atoms with Gasteiger partial charge in [-0.25, -0.2) is 0 Å². The molecule has 0 spiro atoms. The SMILES string of the molecule is CCOc1ccc(C[NH+](C)[C@H](C)C(=O)Nc2cccc(Cl)c2C)cc1. The van der Waals surface area contributed by atoms with Crippen LogP contribution in [0, 0.1) is 6.92 Å². The second kappa shape index (κ2) is 8.88. The van der Waals surface area contributed by atoms with E-state index in [1.165, 1.54) is 5.56 Å². The summed E-state index contributed by atoms with van der Waals surface area (Å²) in [6.07, 6.45) is 0. The van der Waals surface area contributed by atoms with Crippen LogP contribution in [0.1, 0.15) is 25.0 Å². The van der Waals surface area contributed by atoms with Crippen LogP contribution in [0.15, 0.2) is 42.5 Å². The molecule has 2 aromatic carbocycles. The highest BCUT2D eigenvalue weighted by molar-refractivity contribution is 6.31. The number of halogens is 1. The summed E-state index contributed by atoms with van der Waals surface area (Å²) < 4.78 is 5.46. The van der Waals surface area contributed by atoms with Gasteiger partial charge in [-0.05, 0) is 62.7 Å². The van der Waals surface area contributed by atoms with E-state index in [9.17, 15) is 4.79 Å². The number of carbonyl (C=O) groups is 1. The average molecular weight is 362 g/mol. The molecular formula is C20H26ClN2O2+. The van der Waals surface area contributed by atoms with Crippen molar-refractivity contribution < 1.29 is 14.4 Å². The van der Waals surface area contributed by atoms with Gasteiger partial charge in [0.1, 0.15) is 12.3 Å². The predicted molar refractivity (Wildman–Crippen MR) is 102 cm³/mol. The summed E-state index contributed by atoms with van der Waals surface area (Å²) in [5, 5.41) is 3.63. The number of hydrogen-bond acceptors (Lipinski definition) is 2. The summed E-state index contributed by atoms with van der Waals surface area (Å²) in [4.78, 5) is 13.7. The fraction of sp³-hybridized carbons (Fsp3) is 0.350. The van der Waals surface area contributed by atoms with E-state index in [0.29, 0.717) is 11.6 Å². The zero-order valence-corrected chi connectivity index (χ0v) is 16.0. The standard InChI is InChI=1S/C20H25ClN2O2/c1-5-25-17-11-9-16(10-12-17)13-23(4)15(3)20(24)22-19-8-6-7-18(21)14(19)2/h6-12,15H,5,13H2,1-4H3,(H,22,24)/p+1/t15-/m1/s1. The molecule has 134 valence electrons. The summed E-state index contributed by atoms with van der Waals surface area (Å²) in [7, 11) is 2.02. The third kappa shape index (κ3) is 5.21. The molecule has 1 amide bonds. The van der Waals surface area contributed by atoms with E-state index in [4.69, 9.17) is 16.3 Å². The normalized spacial score (nSPS) is 13.2. The number of nitrogens with one attached hydrogen (secondary N) is 2. The van der Waals surface area contributed by atoms with Crippen molar-refractivity contribution in [3.05, 3.63) is 58.6 Å². The number of carbonyl (C=O) groups excluding carboxylic acids is 1. The summed E-state index contributed by atoms with van der Waals surface area (Å²) >= 11 is 6.12. The van der Waals surface area contributed by atoms with E-state index in [2.05, 4.69) is 5.32 Å². The molecule has 0 aliphatic rings. The zero-order chi connectivity index (χ0) is 18.4. The molecule has 0 radical (unpaired) electrons. The number of anilines is 1. The van der Waals surface area contributed by atoms with Crippen LogP contribution in [0.4, 0.5) is 5.69 Å². The molecule has 0 aromatic heterocycles. The molecule has 5 heteroatoms. The summed E-state index contributed by atoms with van der Waals surface area (Å²) in [5.41, 5.74) is 2.81. The Morgan fingerprint density at radius 1 is 1.24 bits per heavy atom. The number of benzene rings is 2. The Morgan fingerprint density at radius 2 is 1.92 bits per heavy atom. The molecule has 0 bridgehead atoms. The third-order valence-electron chi connectivity index (χ3n) is 4.38. The molecule has 2 rings (SSSR count). The number of hydrogen-bond donors (Lipinski definition) is 2. The Bertz CT molecular complexity index is 716. The van der Waals surface area contributed by atoms with Crippen LogP contribution in [0.2, 0.25) is 5.02 Å². The number of likely N-dealkylation sites (N-methyl/N-ethyl adjacent to an activating group) is 1. The maximum Gasteiger partial charge on any atom is 0.282 e. The molecule has 0 aliphatic heterocycles. The summed E-state index contributed by atoms with van der Waals surface area (Å²) in [5.74, 6) is 0.847. The largest absolute Gasteiger partial charge is 0.494 e. The Hall–Kier alpha value is -2.04. The van der Waals surface area contributed by atoms with Crippen molar-refractivity contribution in [2.75, 3.05) is 19.0 Å². The monoisotopic (exact) mass is 361 g/mol. The lowest BCUT2D eigenvalue weighted by Crippen LogP contribution is -3.12. The van der Waals surface area contributed by atoms with Crippen molar-refractivity contribution in [3.8, 4) is 5.75 Å². The van der Waals surface area contributed by atoms with Crippen LogP contribution in [0.5, 0.6) is 5.75 Å². The van der Waals surface area contributed by atoms with E-state index in [1.54, 1.807) is 0 Å². The van der Waals surface area contributed by atoms with Crippen molar-refractivity contribution >= 4 is 23.2 Å². The molecular weight excluding hydrogens is 336 g/mol. The Morgan fingerprint density at radius 3 is 2.56 bits per heavy atom. The van der Waals surface area contributed by atoms with E-state index < -0.39 is 0 Å². The molecule has 4 nitrogen and oxygen atoms in total. The highest BCUT2D eigenvalue weighted by Crippen LogP contribution is 2.22. The molecule has 2 aromatic rings.